The topological polar surface area (TPSA) is 30.0 Å². The Kier molecular flexibility index (Phi) is 7.52. The van der Waals surface area contributed by atoms with Crippen molar-refractivity contribution in [1.29, 1.82) is 0 Å². The maximum atomic E-state index is 14.8. The second-order valence-corrected chi connectivity index (χ2v) is 13.0. The molecule has 4 aliphatic rings. The van der Waals surface area contributed by atoms with Gasteiger partial charge in [0.2, 0.25) is 0 Å². The maximum Gasteiger partial charge on any atom is 0.196 e. The van der Waals surface area contributed by atoms with Gasteiger partial charge in [0, 0.05) is 32.6 Å². The Labute approximate surface area is 256 Å². The van der Waals surface area contributed by atoms with Crippen molar-refractivity contribution in [2.45, 2.75) is 85.0 Å². The zero-order valence-corrected chi connectivity index (χ0v) is 25.8. The van der Waals surface area contributed by atoms with Gasteiger partial charge in [-0.15, -0.1) is 0 Å². The summed E-state index contributed by atoms with van der Waals surface area (Å²) in [5.41, 5.74) is 10.1. The van der Waals surface area contributed by atoms with Crippen molar-refractivity contribution in [1.82, 2.24) is 19.6 Å². The van der Waals surface area contributed by atoms with E-state index >= 15 is 0 Å². The Morgan fingerprint density at radius 1 is 0.442 bits per heavy atom. The summed E-state index contributed by atoms with van der Waals surface area (Å²) >= 11 is 0. The number of rotatable bonds is 8. The maximum absolute atomic E-state index is 14.8. The van der Waals surface area contributed by atoms with Crippen LogP contribution in [0.4, 0.5) is 0 Å². The van der Waals surface area contributed by atoms with E-state index in [9.17, 15) is 4.79 Å². The fourth-order valence-electron chi connectivity index (χ4n) is 7.32. The molecule has 8 rings (SSSR count). The lowest BCUT2D eigenvalue weighted by Gasteiger charge is -2.68. The average Bonchev–Trinajstić information content (AvgIpc) is 3.00. The van der Waals surface area contributed by atoms with Crippen LogP contribution in [0.5, 0.6) is 0 Å². The fourth-order valence-corrected chi connectivity index (χ4v) is 7.32. The lowest BCUT2D eigenvalue weighted by molar-refractivity contribution is -0.269. The van der Waals surface area contributed by atoms with Crippen LogP contribution >= 0.6 is 0 Å². The third-order valence-electron chi connectivity index (χ3n) is 9.66. The molecule has 4 aromatic rings. The SMILES string of the molecule is Cc1ccc(CN2C3CC4N(Cc5ccc(C)cc5)C2C(=O)C(N3Cc2ccc(C)cc2)N4Cc2ccc(C)cc2)cc1. The van der Waals surface area contributed by atoms with E-state index in [1.807, 2.05) is 0 Å². The molecule has 4 heterocycles. The average molecular weight is 571 g/mol. The number of ketones is 1. The van der Waals surface area contributed by atoms with Crippen LogP contribution in [0.15, 0.2) is 97.1 Å². The largest absolute Gasteiger partial charge is 0.293 e. The summed E-state index contributed by atoms with van der Waals surface area (Å²) in [4.78, 5) is 24.8. The van der Waals surface area contributed by atoms with Crippen LogP contribution in [-0.2, 0) is 31.0 Å². The first-order valence-corrected chi connectivity index (χ1v) is 15.6. The van der Waals surface area contributed by atoms with E-state index in [-0.39, 0.29) is 24.7 Å². The summed E-state index contributed by atoms with van der Waals surface area (Å²) in [6.07, 6.45) is 0.836. The lowest BCUT2D eigenvalue weighted by atomic mass is 9.88. The molecule has 0 atom stereocenters. The first-order valence-electron chi connectivity index (χ1n) is 15.6. The van der Waals surface area contributed by atoms with Crippen molar-refractivity contribution in [2.75, 3.05) is 0 Å². The number of carbonyl (C=O) groups is 1. The highest BCUT2D eigenvalue weighted by Gasteiger charge is 2.62. The Bertz CT molecular complexity index is 1350. The monoisotopic (exact) mass is 570 g/mol. The van der Waals surface area contributed by atoms with Gasteiger partial charge in [0.1, 0.15) is 12.3 Å². The van der Waals surface area contributed by atoms with E-state index in [2.05, 4.69) is 144 Å². The van der Waals surface area contributed by atoms with Crippen molar-refractivity contribution < 1.29 is 4.79 Å². The second-order valence-electron chi connectivity index (χ2n) is 13.0. The summed E-state index contributed by atoms with van der Waals surface area (Å²) in [5, 5.41) is 0. The molecule has 4 aromatic carbocycles. The zero-order valence-electron chi connectivity index (χ0n) is 25.8. The normalized spacial score (nSPS) is 24.2. The minimum absolute atomic E-state index is 0.184. The zero-order chi connectivity index (χ0) is 29.7. The lowest BCUT2D eigenvalue weighted by Crippen LogP contribution is -2.85. The molecule has 0 radical (unpaired) electrons. The van der Waals surface area contributed by atoms with E-state index < -0.39 is 0 Å². The highest BCUT2D eigenvalue weighted by atomic mass is 16.1. The molecule has 4 fully saturated rings. The Morgan fingerprint density at radius 2 is 0.674 bits per heavy atom. The highest BCUT2D eigenvalue weighted by Crippen LogP contribution is 2.45. The third-order valence-corrected chi connectivity index (χ3v) is 9.66. The molecule has 4 aliphatic heterocycles. The highest BCUT2D eigenvalue weighted by molar-refractivity contribution is 5.90. The van der Waals surface area contributed by atoms with E-state index in [1.165, 1.54) is 44.5 Å². The molecule has 0 unspecified atom stereocenters. The number of nitrogens with zero attached hydrogens (tertiary/aromatic N) is 4. The molecule has 0 aliphatic carbocycles. The third kappa shape index (κ3) is 5.47. The summed E-state index contributed by atoms with van der Waals surface area (Å²) in [6.45, 7) is 11.6. The van der Waals surface area contributed by atoms with Gasteiger partial charge in [-0.25, -0.2) is 0 Å². The summed E-state index contributed by atoms with van der Waals surface area (Å²) in [5.74, 6) is 0.297. The standard InChI is InChI=1S/C38H42N4O/c1-26-5-13-30(14-6-26)22-39-34-21-35-41(24-32-17-9-28(3)10-18-32)37(39)36(43)38(40(34)23-31-15-7-27(2)8-16-31)42(35)25-33-19-11-29(4)12-20-33/h5-20,34-35,37-38H,21-25H2,1-4H3. The van der Waals surface area contributed by atoms with Crippen molar-refractivity contribution >= 4 is 5.78 Å². The molecule has 5 heteroatoms. The predicted octanol–water partition coefficient (Wildman–Crippen LogP) is 6.53. The summed E-state index contributed by atoms with van der Waals surface area (Å²) in [7, 11) is 0. The molecule has 0 spiro atoms. The van der Waals surface area contributed by atoms with E-state index in [1.54, 1.807) is 0 Å². The number of hydrogen-bond acceptors (Lipinski definition) is 5. The molecule has 43 heavy (non-hydrogen) atoms. The molecule has 0 N–H and O–H groups in total. The number of aryl methyl sites for hydroxylation is 4. The molecular weight excluding hydrogens is 528 g/mol. The van der Waals surface area contributed by atoms with Gasteiger partial charge in [-0.2, -0.15) is 0 Å². The molecule has 4 bridgehead atoms. The van der Waals surface area contributed by atoms with Gasteiger partial charge in [0.25, 0.3) is 0 Å². The molecule has 0 aromatic heterocycles. The van der Waals surface area contributed by atoms with E-state index in [4.69, 9.17) is 0 Å². The van der Waals surface area contributed by atoms with E-state index in [0.717, 1.165) is 32.6 Å². The van der Waals surface area contributed by atoms with Crippen LogP contribution in [0.25, 0.3) is 0 Å². The number of benzene rings is 4. The quantitative estimate of drug-likeness (QED) is 0.240. The van der Waals surface area contributed by atoms with Gasteiger partial charge in [0.05, 0.1) is 12.3 Å². The first kappa shape index (κ1) is 28.2. The van der Waals surface area contributed by atoms with Crippen molar-refractivity contribution in [2.24, 2.45) is 0 Å². The minimum atomic E-state index is -0.250. The van der Waals surface area contributed by atoms with Gasteiger partial charge in [-0.3, -0.25) is 24.4 Å². The Hall–Kier alpha value is -3.61. The predicted molar refractivity (Wildman–Crippen MR) is 172 cm³/mol. The Morgan fingerprint density at radius 3 is 0.907 bits per heavy atom. The van der Waals surface area contributed by atoms with Crippen molar-refractivity contribution in [3.05, 3.63) is 142 Å². The smallest absolute Gasteiger partial charge is 0.196 e. The fraction of sp³-hybridized carbons (Fsp3) is 0.342. The van der Waals surface area contributed by atoms with Gasteiger partial charge in [0.15, 0.2) is 5.78 Å². The van der Waals surface area contributed by atoms with Gasteiger partial charge in [-0.1, -0.05) is 119 Å². The van der Waals surface area contributed by atoms with Crippen LogP contribution in [-0.4, -0.2) is 50.0 Å². The molecular formula is C38H42N4O. The number of hydrogen-bond donors (Lipinski definition) is 0. The van der Waals surface area contributed by atoms with Crippen LogP contribution in [0.1, 0.15) is 50.9 Å². The Balaban J connectivity index is 1.29. The van der Waals surface area contributed by atoms with E-state index in [0.29, 0.717) is 5.78 Å². The van der Waals surface area contributed by atoms with Crippen molar-refractivity contribution in [3.63, 3.8) is 0 Å². The molecule has 220 valence electrons. The van der Waals surface area contributed by atoms with Crippen LogP contribution in [0.3, 0.4) is 0 Å². The van der Waals surface area contributed by atoms with Crippen LogP contribution in [0.2, 0.25) is 0 Å². The number of Topliss-reactive ketones (excluding diaryl/α,β-unsaturated/α-hetero) is 1. The van der Waals surface area contributed by atoms with Gasteiger partial charge in [-0.05, 0) is 49.9 Å². The minimum Gasteiger partial charge on any atom is -0.293 e. The molecule has 0 saturated carbocycles. The van der Waals surface area contributed by atoms with Crippen LogP contribution in [0, 0.1) is 27.7 Å². The van der Waals surface area contributed by atoms with Gasteiger partial charge < -0.3 is 0 Å². The summed E-state index contributed by atoms with van der Waals surface area (Å²) < 4.78 is 0. The molecule has 0 amide bonds. The van der Waals surface area contributed by atoms with Crippen LogP contribution < -0.4 is 0 Å². The molecule has 5 nitrogen and oxygen atoms in total. The second kappa shape index (κ2) is 11.5. The summed E-state index contributed by atoms with van der Waals surface area (Å²) in [6, 6.07) is 35.3. The van der Waals surface area contributed by atoms with Gasteiger partial charge >= 0.3 is 0 Å². The first-order chi connectivity index (χ1) is 20.8. The van der Waals surface area contributed by atoms with Crippen molar-refractivity contribution in [3.8, 4) is 0 Å². The molecule has 4 saturated heterocycles. The number of carbonyl (C=O) groups excluding carboxylic acids is 1.